The SMILES string of the molecule is OCc1cnno1. The molecule has 0 saturated heterocycles. The fraction of sp³-hybridized carbons (Fsp3) is 0.333. The minimum absolute atomic E-state index is 0.132. The first-order valence-electron chi connectivity index (χ1n) is 1.80. The number of aliphatic hydroxyl groups excluding tert-OH is 1. The van der Waals surface area contributed by atoms with Gasteiger partial charge in [0.15, 0.2) is 5.76 Å². The van der Waals surface area contributed by atoms with E-state index >= 15 is 0 Å². The van der Waals surface area contributed by atoms with Gasteiger partial charge in [0.2, 0.25) is 0 Å². The van der Waals surface area contributed by atoms with E-state index in [4.69, 9.17) is 5.11 Å². The fourth-order valence-electron chi connectivity index (χ4n) is 0.257. The molecule has 0 unspecified atom stereocenters. The molecule has 0 aliphatic heterocycles. The van der Waals surface area contributed by atoms with Gasteiger partial charge in [-0.15, -0.1) is 5.10 Å². The lowest BCUT2D eigenvalue weighted by Gasteiger charge is -1.74. The summed E-state index contributed by atoms with van der Waals surface area (Å²) < 4.78 is 4.37. The van der Waals surface area contributed by atoms with E-state index in [2.05, 4.69) is 14.9 Å². The molecule has 1 N–H and O–H groups in total. The lowest BCUT2D eigenvalue weighted by atomic mass is 10.6. The predicted molar refractivity (Wildman–Crippen MR) is 20.2 cm³/mol. The Bertz CT molecular complexity index is 125. The van der Waals surface area contributed by atoms with Crippen LogP contribution in [0.3, 0.4) is 0 Å². The zero-order valence-electron chi connectivity index (χ0n) is 3.53. The van der Waals surface area contributed by atoms with Crippen LogP contribution in [0.1, 0.15) is 5.76 Å². The van der Waals surface area contributed by atoms with Crippen molar-refractivity contribution in [3.05, 3.63) is 12.0 Å². The van der Waals surface area contributed by atoms with Gasteiger partial charge in [0.1, 0.15) is 6.61 Å². The lowest BCUT2D eigenvalue weighted by molar-refractivity contribution is 0.226. The summed E-state index contributed by atoms with van der Waals surface area (Å²) in [6, 6.07) is 0. The second-order valence-electron chi connectivity index (χ2n) is 1.04. The van der Waals surface area contributed by atoms with E-state index in [0.717, 1.165) is 0 Å². The highest BCUT2D eigenvalue weighted by atomic mass is 16.5. The van der Waals surface area contributed by atoms with Gasteiger partial charge < -0.3 is 9.63 Å². The molecule has 0 fully saturated rings. The topological polar surface area (TPSA) is 59.2 Å². The van der Waals surface area contributed by atoms with Crippen LogP contribution in [-0.2, 0) is 6.61 Å². The number of aliphatic hydroxyl groups is 1. The van der Waals surface area contributed by atoms with Crippen molar-refractivity contribution >= 4 is 0 Å². The molecule has 4 heteroatoms. The Balaban J connectivity index is 2.76. The summed E-state index contributed by atoms with van der Waals surface area (Å²) in [6.07, 6.45) is 1.36. The third-order valence-corrected chi connectivity index (χ3v) is 0.563. The zero-order chi connectivity index (χ0) is 5.11. The number of aromatic nitrogens is 2. The second-order valence-corrected chi connectivity index (χ2v) is 1.04. The zero-order valence-corrected chi connectivity index (χ0v) is 3.53. The second kappa shape index (κ2) is 1.70. The highest BCUT2D eigenvalue weighted by Crippen LogP contribution is 1.89. The summed E-state index contributed by atoms with van der Waals surface area (Å²) in [5.74, 6) is 0.389. The van der Waals surface area contributed by atoms with E-state index < -0.39 is 0 Å². The molecule has 1 rings (SSSR count). The average molecular weight is 100 g/mol. The highest BCUT2D eigenvalue weighted by Gasteiger charge is 1.89. The Morgan fingerprint density at radius 2 is 2.71 bits per heavy atom. The Labute approximate surface area is 39.7 Å². The van der Waals surface area contributed by atoms with E-state index in [1.54, 1.807) is 0 Å². The number of hydrogen-bond donors (Lipinski definition) is 1. The smallest absolute Gasteiger partial charge is 0.182 e. The Hall–Kier alpha value is -0.900. The maximum atomic E-state index is 8.25. The van der Waals surface area contributed by atoms with Crippen LogP contribution in [0.5, 0.6) is 0 Å². The quantitative estimate of drug-likeness (QED) is 0.519. The van der Waals surface area contributed by atoms with Crippen molar-refractivity contribution in [2.75, 3.05) is 0 Å². The highest BCUT2D eigenvalue weighted by molar-refractivity contribution is 4.80. The molecule has 0 bridgehead atoms. The van der Waals surface area contributed by atoms with Crippen LogP contribution in [-0.4, -0.2) is 15.5 Å². The van der Waals surface area contributed by atoms with Crippen LogP contribution >= 0.6 is 0 Å². The molecular formula is C3H4N2O2. The fourth-order valence-corrected chi connectivity index (χ4v) is 0.257. The van der Waals surface area contributed by atoms with Gasteiger partial charge in [-0.2, -0.15) is 0 Å². The Morgan fingerprint density at radius 1 is 1.86 bits per heavy atom. The van der Waals surface area contributed by atoms with E-state index in [1.165, 1.54) is 6.20 Å². The average Bonchev–Trinajstić information content (AvgIpc) is 2.14. The molecule has 0 aromatic carbocycles. The van der Waals surface area contributed by atoms with Gasteiger partial charge >= 0.3 is 0 Å². The summed E-state index contributed by atoms with van der Waals surface area (Å²) in [4.78, 5) is 0. The summed E-state index contributed by atoms with van der Waals surface area (Å²) in [6.45, 7) is -0.132. The van der Waals surface area contributed by atoms with Crippen LogP contribution in [0.2, 0.25) is 0 Å². The van der Waals surface area contributed by atoms with E-state index in [1.807, 2.05) is 0 Å². The standard InChI is InChI=1S/C3H4N2O2/c6-2-3-1-4-5-7-3/h1,6H,2H2. The Morgan fingerprint density at radius 3 is 3.00 bits per heavy atom. The van der Waals surface area contributed by atoms with Gasteiger partial charge in [0.05, 0.1) is 6.20 Å². The van der Waals surface area contributed by atoms with Gasteiger partial charge in [-0.05, 0) is 0 Å². The van der Waals surface area contributed by atoms with Crippen molar-refractivity contribution in [3.8, 4) is 0 Å². The molecule has 0 radical (unpaired) electrons. The van der Waals surface area contributed by atoms with Crippen LogP contribution in [0.15, 0.2) is 10.7 Å². The molecule has 4 nitrogen and oxygen atoms in total. The van der Waals surface area contributed by atoms with Crippen molar-refractivity contribution in [1.82, 2.24) is 10.4 Å². The lowest BCUT2D eigenvalue weighted by Crippen LogP contribution is -1.73. The van der Waals surface area contributed by atoms with Gasteiger partial charge in [-0.25, -0.2) is 0 Å². The maximum Gasteiger partial charge on any atom is 0.182 e. The van der Waals surface area contributed by atoms with Gasteiger partial charge in [0.25, 0.3) is 0 Å². The monoisotopic (exact) mass is 100 g/mol. The largest absolute Gasteiger partial charge is 0.388 e. The van der Waals surface area contributed by atoms with Crippen molar-refractivity contribution in [2.24, 2.45) is 0 Å². The van der Waals surface area contributed by atoms with Crippen molar-refractivity contribution in [2.45, 2.75) is 6.61 Å². The third-order valence-electron chi connectivity index (χ3n) is 0.563. The summed E-state index contributed by atoms with van der Waals surface area (Å²) in [5.41, 5.74) is 0. The van der Waals surface area contributed by atoms with E-state index in [0.29, 0.717) is 5.76 Å². The van der Waals surface area contributed by atoms with Gasteiger partial charge in [-0.3, -0.25) is 0 Å². The maximum absolute atomic E-state index is 8.25. The minimum Gasteiger partial charge on any atom is -0.388 e. The minimum atomic E-state index is -0.132. The molecule has 1 heterocycles. The summed E-state index contributed by atoms with van der Waals surface area (Å²) in [7, 11) is 0. The molecule has 0 amide bonds. The van der Waals surface area contributed by atoms with Crippen LogP contribution < -0.4 is 0 Å². The first kappa shape index (κ1) is 4.26. The predicted octanol–water partition coefficient (Wildman–Crippen LogP) is -0.438. The molecule has 0 saturated carbocycles. The van der Waals surface area contributed by atoms with Crippen LogP contribution in [0, 0.1) is 0 Å². The molecule has 7 heavy (non-hydrogen) atoms. The van der Waals surface area contributed by atoms with Crippen LogP contribution in [0.25, 0.3) is 0 Å². The van der Waals surface area contributed by atoms with Crippen molar-refractivity contribution in [3.63, 3.8) is 0 Å². The Kier molecular flexibility index (Phi) is 1.04. The molecule has 0 atom stereocenters. The van der Waals surface area contributed by atoms with Crippen molar-refractivity contribution in [1.29, 1.82) is 0 Å². The normalized spacial score (nSPS) is 9.29. The third kappa shape index (κ3) is 0.747. The molecule has 38 valence electrons. The first-order chi connectivity index (χ1) is 3.43. The van der Waals surface area contributed by atoms with Crippen LogP contribution in [0.4, 0.5) is 0 Å². The van der Waals surface area contributed by atoms with Gasteiger partial charge in [0, 0.05) is 5.27 Å². The van der Waals surface area contributed by atoms with E-state index in [-0.39, 0.29) is 6.61 Å². The molecule has 1 aromatic rings. The number of hydrogen-bond acceptors (Lipinski definition) is 4. The molecule has 0 aliphatic carbocycles. The van der Waals surface area contributed by atoms with Gasteiger partial charge in [-0.1, -0.05) is 0 Å². The molecular weight excluding hydrogens is 96.0 g/mol. The van der Waals surface area contributed by atoms with Crippen molar-refractivity contribution < 1.29 is 9.63 Å². The molecule has 1 aromatic heterocycles. The number of nitrogens with zero attached hydrogens (tertiary/aromatic N) is 2. The molecule has 0 spiro atoms. The molecule has 0 aliphatic rings. The first-order valence-corrected chi connectivity index (χ1v) is 1.80. The summed E-state index contributed by atoms with van der Waals surface area (Å²) in [5, 5.41) is 14.7. The van der Waals surface area contributed by atoms with E-state index in [9.17, 15) is 0 Å². The summed E-state index contributed by atoms with van der Waals surface area (Å²) >= 11 is 0. The number of rotatable bonds is 1.